The quantitative estimate of drug-likeness (QED) is 0.376. The van der Waals surface area contributed by atoms with Crippen molar-refractivity contribution in [1.82, 2.24) is 34.9 Å². The van der Waals surface area contributed by atoms with Gasteiger partial charge in [0.1, 0.15) is 17.0 Å². The molecule has 6 rings (SSSR count). The topological polar surface area (TPSA) is 83.8 Å². The molecular weight excluding hydrogens is 486 g/mol. The van der Waals surface area contributed by atoms with Crippen LogP contribution in [0.25, 0.3) is 22.2 Å². The molecule has 0 spiro atoms. The van der Waals surface area contributed by atoms with Gasteiger partial charge in [-0.05, 0) is 36.6 Å². The minimum Gasteiger partial charge on any atom is -0.314 e. The molecule has 4 heterocycles. The van der Waals surface area contributed by atoms with E-state index in [1.165, 1.54) is 12.5 Å². The maximum Gasteiger partial charge on any atom is 0.229 e. The average molecular weight is 519 g/mol. The summed E-state index contributed by atoms with van der Waals surface area (Å²) >= 11 is 0. The van der Waals surface area contributed by atoms with Crippen LogP contribution in [0.5, 0.6) is 0 Å². The molecule has 0 radical (unpaired) electrons. The SMILES string of the molecule is Cn1nc2c(F)cc(-c3nc(Nc4ccc(CN5CCNCC5)cn4)ncc3F)cc2c1C1CCCCC1. The van der Waals surface area contributed by atoms with Gasteiger partial charge in [-0.3, -0.25) is 9.58 Å². The van der Waals surface area contributed by atoms with Crippen LogP contribution in [0.2, 0.25) is 0 Å². The number of halogens is 2. The number of nitrogens with zero attached hydrogens (tertiary/aromatic N) is 6. The molecule has 1 aliphatic carbocycles. The second-order valence-corrected chi connectivity index (χ2v) is 10.3. The van der Waals surface area contributed by atoms with Crippen molar-refractivity contribution >= 4 is 22.7 Å². The summed E-state index contributed by atoms with van der Waals surface area (Å²) in [6.07, 6.45) is 8.57. The number of hydrogen-bond donors (Lipinski definition) is 2. The van der Waals surface area contributed by atoms with Crippen LogP contribution in [0.1, 0.15) is 49.3 Å². The number of aryl methyl sites for hydroxylation is 1. The minimum absolute atomic E-state index is 0.0390. The lowest BCUT2D eigenvalue weighted by molar-refractivity contribution is 0.233. The Bertz CT molecular complexity index is 1420. The van der Waals surface area contributed by atoms with E-state index in [1.807, 2.05) is 31.4 Å². The smallest absolute Gasteiger partial charge is 0.229 e. The summed E-state index contributed by atoms with van der Waals surface area (Å²) in [7, 11) is 1.86. The highest BCUT2D eigenvalue weighted by Crippen LogP contribution is 2.38. The third kappa shape index (κ3) is 5.10. The molecule has 2 fully saturated rings. The average Bonchev–Trinajstić information content (AvgIpc) is 3.28. The van der Waals surface area contributed by atoms with Gasteiger partial charge in [0.15, 0.2) is 11.6 Å². The van der Waals surface area contributed by atoms with Crippen LogP contribution in [-0.4, -0.2) is 55.8 Å². The first-order valence-electron chi connectivity index (χ1n) is 13.4. The molecule has 1 saturated carbocycles. The number of fused-ring (bicyclic) bond motifs is 1. The number of nitrogens with one attached hydrogen (secondary N) is 2. The summed E-state index contributed by atoms with van der Waals surface area (Å²) in [5.41, 5.74) is 2.85. The summed E-state index contributed by atoms with van der Waals surface area (Å²) in [5.74, 6) is -0.0225. The van der Waals surface area contributed by atoms with E-state index in [-0.39, 0.29) is 11.6 Å². The van der Waals surface area contributed by atoms with Crippen molar-refractivity contribution in [2.24, 2.45) is 7.05 Å². The van der Waals surface area contributed by atoms with Gasteiger partial charge in [0.05, 0.1) is 6.20 Å². The number of benzene rings is 1. The van der Waals surface area contributed by atoms with Gasteiger partial charge in [0.25, 0.3) is 0 Å². The Kier molecular flexibility index (Phi) is 6.99. The van der Waals surface area contributed by atoms with Gasteiger partial charge in [-0.25, -0.2) is 23.7 Å². The molecule has 198 valence electrons. The molecule has 2 N–H and O–H groups in total. The molecule has 8 nitrogen and oxygen atoms in total. The van der Waals surface area contributed by atoms with Crippen molar-refractivity contribution in [3.05, 3.63) is 59.6 Å². The van der Waals surface area contributed by atoms with E-state index < -0.39 is 11.6 Å². The number of rotatable bonds is 6. The molecular formula is C28H32F2N8. The maximum atomic E-state index is 15.2. The zero-order valence-electron chi connectivity index (χ0n) is 21.6. The van der Waals surface area contributed by atoms with Crippen LogP contribution >= 0.6 is 0 Å². The van der Waals surface area contributed by atoms with Crippen molar-refractivity contribution < 1.29 is 8.78 Å². The van der Waals surface area contributed by atoms with Crippen molar-refractivity contribution in [1.29, 1.82) is 0 Å². The molecule has 4 aromatic rings. The number of hydrogen-bond acceptors (Lipinski definition) is 7. The highest BCUT2D eigenvalue weighted by atomic mass is 19.1. The number of aromatic nitrogens is 5. The Labute approximate surface area is 220 Å². The number of piperazine rings is 1. The Morgan fingerprint density at radius 1 is 1.00 bits per heavy atom. The van der Waals surface area contributed by atoms with Gasteiger partial charge in [0, 0.05) is 68.5 Å². The fourth-order valence-corrected chi connectivity index (χ4v) is 5.73. The molecule has 10 heteroatoms. The zero-order chi connectivity index (χ0) is 26.1. The predicted molar refractivity (Wildman–Crippen MR) is 143 cm³/mol. The largest absolute Gasteiger partial charge is 0.314 e. The lowest BCUT2D eigenvalue weighted by Crippen LogP contribution is -2.42. The van der Waals surface area contributed by atoms with Gasteiger partial charge in [-0.15, -0.1) is 0 Å². The van der Waals surface area contributed by atoms with Crippen molar-refractivity contribution in [3.8, 4) is 11.3 Å². The Morgan fingerprint density at radius 2 is 1.82 bits per heavy atom. The summed E-state index contributed by atoms with van der Waals surface area (Å²) in [6, 6.07) is 6.99. The molecule has 3 aromatic heterocycles. The van der Waals surface area contributed by atoms with E-state index in [9.17, 15) is 4.39 Å². The van der Waals surface area contributed by atoms with Gasteiger partial charge in [0.2, 0.25) is 5.95 Å². The maximum absolute atomic E-state index is 15.2. The highest BCUT2D eigenvalue weighted by molar-refractivity contribution is 5.87. The minimum atomic E-state index is -0.614. The van der Waals surface area contributed by atoms with Crippen LogP contribution in [-0.2, 0) is 13.6 Å². The molecule has 38 heavy (non-hydrogen) atoms. The van der Waals surface area contributed by atoms with Gasteiger partial charge >= 0.3 is 0 Å². The fourth-order valence-electron chi connectivity index (χ4n) is 5.73. The molecule has 2 aliphatic rings. The first-order valence-corrected chi connectivity index (χ1v) is 13.4. The van der Waals surface area contributed by atoms with Crippen LogP contribution in [0.15, 0.2) is 36.7 Å². The Morgan fingerprint density at radius 3 is 2.58 bits per heavy atom. The number of pyridine rings is 1. The zero-order valence-corrected chi connectivity index (χ0v) is 21.6. The molecule has 1 aliphatic heterocycles. The molecule has 0 unspecified atom stereocenters. The van der Waals surface area contributed by atoms with Crippen LogP contribution in [0.3, 0.4) is 0 Å². The predicted octanol–water partition coefficient (Wildman–Crippen LogP) is 4.90. The van der Waals surface area contributed by atoms with Gasteiger partial charge < -0.3 is 10.6 Å². The Balaban J connectivity index is 1.26. The van der Waals surface area contributed by atoms with Crippen molar-refractivity contribution in [2.75, 3.05) is 31.5 Å². The first-order chi connectivity index (χ1) is 18.5. The summed E-state index contributed by atoms with van der Waals surface area (Å²) < 4.78 is 31.9. The van der Waals surface area contributed by atoms with E-state index in [1.54, 1.807) is 4.68 Å². The summed E-state index contributed by atoms with van der Waals surface area (Å²) in [6.45, 7) is 4.87. The van der Waals surface area contributed by atoms with Crippen molar-refractivity contribution in [3.63, 3.8) is 0 Å². The molecule has 1 saturated heterocycles. The summed E-state index contributed by atoms with van der Waals surface area (Å²) in [4.78, 5) is 15.4. The fraction of sp³-hybridized carbons (Fsp3) is 0.429. The van der Waals surface area contributed by atoms with Gasteiger partial charge in [-0.1, -0.05) is 25.3 Å². The Hall–Kier alpha value is -3.50. The monoisotopic (exact) mass is 518 g/mol. The van der Waals surface area contributed by atoms with E-state index >= 15 is 4.39 Å². The van der Waals surface area contributed by atoms with Crippen molar-refractivity contribution in [2.45, 2.75) is 44.6 Å². The lowest BCUT2D eigenvalue weighted by Gasteiger charge is -2.27. The van der Waals surface area contributed by atoms with E-state index in [0.717, 1.165) is 81.2 Å². The van der Waals surface area contributed by atoms with Crippen LogP contribution in [0.4, 0.5) is 20.5 Å². The normalized spacial score (nSPS) is 17.2. The molecule has 0 atom stereocenters. The third-order valence-electron chi connectivity index (χ3n) is 7.63. The molecule has 1 aromatic carbocycles. The highest BCUT2D eigenvalue weighted by Gasteiger charge is 2.24. The van der Waals surface area contributed by atoms with Crippen LogP contribution in [0, 0.1) is 11.6 Å². The van der Waals surface area contributed by atoms with E-state index in [0.29, 0.717) is 22.8 Å². The van der Waals surface area contributed by atoms with Gasteiger partial charge in [-0.2, -0.15) is 5.10 Å². The first kappa shape index (κ1) is 24.8. The lowest BCUT2D eigenvalue weighted by atomic mass is 9.85. The number of anilines is 2. The molecule has 0 bridgehead atoms. The second-order valence-electron chi connectivity index (χ2n) is 10.3. The van der Waals surface area contributed by atoms with Crippen LogP contribution < -0.4 is 10.6 Å². The third-order valence-corrected chi connectivity index (χ3v) is 7.63. The summed E-state index contributed by atoms with van der Waals surface area (Å²) in [5, 5.41) is 11.6. The second kappa shape index (κ2) is 10.7. The van der Waals surface area contributed by atoms with E-state index in [4.69, 9.17) is 0 Å². The van der Waals surface area contributed by atoms with E-state index in [2.05, 4.69) is 35.6 Å². The molecule has 0 amide bonds. The standard InChI is InChI=1S/C28H32F2N8/c1-37-27(19-5-3-2-4-6-19)21-13-20(14-22(29)26(21)36-37)25-23(30)16-33-28(35-25)34-24-8-7-18(15-32-24)17-38-11-9-31-10-12-38/h7-8,13-16,19,31H,2-6,9-12,17H2,1H3,(H,32,33,34,35).